The van der Waals surface area contributed by atoms with E-state index in [9.17, 15) is 4.79 Å². The summed E-state index contributed by atoms with van der Waals surface area (Å²) >= 11 is 0. The second-order valence-electron chi connectivity index (χ2n) is 6.56. The molecule has 4 heteroatoms. The summed E-state index contributed by atoms with van der Waals surface area (Å²) in [4.78, 5) is 12.1. The van der Waals surface area contributed by atoms with Crippen molar-refractivity contribution < 1.29 is 4.79 Å². The van der Waals surface area contributed by atoms with Gasteiger partial charge in [-0.2, -0.15) is 0 Å². The first-order chi connectivity index (χ1) is 9.75. The molecule has 20 heavy (non-hydrogen) atoms. The number of amides is 1. The van der Waals surface area contributed by atoms with Crippen molar-refractivity contribution in [3.05, 3.63) is 0 Å². The Morgan fingerprint density at radius 2 is 1.70 bits per heavy atom. The highest BCUT2D eigenvalue weighted by Crippen LogP contribution is 2.23. The molecular weight excluding hydrogens is 250 g/mol. The Kier molecular flexibility index (Phi) is 6.80. The van der Waals surface area contributed by atoms with E-state index in [4.69, 9.17) is 5.73 Å². The summed E-state index contributed by atoms with van der Waals surface area (Å²) < 4.78 is 0. The van der Waals surface area contributed by atoms with Gasteiger partial charge in [0.25, 0.3) is 0 Å². The normalized spacial score (nSPS) is 28.9. The molecule has 2 aliphatic rings. The fourth-order valence-corrected chi connectivity index (χ4v) is 3.56. The lowest BCUT2D eigenvalue weighted by Gasteiger charge is -2.25. The van der Waals surface area contributed by atoms with Crippen molar-refractivity contribution in [1.82, 2.24) is 10.6 Å². The highest BCUT2D eigenvalue weighted by molar-refractivity contribution is 5.78. The van der Waals surface area contributed by atoms with E-state index >= 15 is 0 Å². The van der Waals surface area contributed by atoms with Crippen LogP contribution in [-0.4, -0.2) is 31.1 Å². The molecule has 2 aliphatic carbocycles. The van der Waals surface area contributed by atoms with Crippen molar-refractivity contribution >= 4 is 5.91 Å². The van der Waals surface area contributed by atoms with E-state index in [0.717, 1.165) is 38.8 Å². The van der Waals surface area contributed by atoms with Gasteiger partial charge in [-0.1, -0.05) is 32.1 Å². The summed E-state index contributed by atoms with van der Waals surface area (Å²) in [6.45, 7) is 1.65. The van der Waals surface area contributed by atoms with E-state index in [0.29, 0.717) is 6.04 Å². The molecule has 4 N–H and O–H groups in total. The maximum absolute atomic E-state index is 12.1. The standard InChI is InChI=1S/C16H31N3O/c17-14-7-5-6-13(12-14)16(20)19-11-10-18-15-8-3-1-2-4-9-15/h13-15,18H,1-12,17H2,(H,19,20). The van der Waals surface area contributed by atoms with Crippen molar-refractivity contribution in [2.75, 3.05) is 13.1 Å². The van der Waals surface area contributed by atoms with Crippen LogP contribution in [0.15, 0.2) is 0 Å². The number of rotatable bonds is 5. The van der Waals surface area contributed by atoms with Gasteiger partial charge in [-0.15, -0.1) is 0 Å². The fourth-order valence-electron chi connectivity index (χ4n) is 3.56. The van der Waals surface area contributed by atoms with Gasteiger partial charge in [0.2, 0.25) is 5.91 Å². The third-order valence-electron chi connectivity index (χ3n) is 4.80. The van der Waals surface area contributed by atoms with E-state index in [1.807, 2.05) is 0 Å². The Morgan fingerprint density at radius 1 is 0.950 bits per heavy atom. The largest absolute Gasteiger partial charge is 0.355 e. The fraction of sp³-hybridized carbons (Fsp3) is 0.938. The first kappa shape index (κ1) is 15.8. The Labute approximate surface area is 123 Å². The lowest BCUT2D eigenvalue weighted by atomic mass is 9.85. The number of nitrogens with one attached hydrogen (secondary N) is 2. The summed E-state index contributed by atoms with van der Waals surface area (Å²) in [5.74, 6) is 0.361. The van der Waals surface area contributed by atoms with Gasteiger partial charge in [-0.25, -0.2) is 0 Å². The van der Waals surface area contributed by atoms with Crippen LogP contribution in [0.4, 0.5) is 0 Å². The Balaban J connectivity index is 1.56. The van der Waals surface area contributed by atoms with Crippen LogP contribution in [0.25, 0.3) is 0 Å². The number of carbonyl (C=O) groups is 1. The van der Waals surface area contributed by atoms with Crippen LogP contribution in [0.5, 0.6) is 0 Å². The molecule has 0 spiro atoms. The van der Waals surface area contributed by atoms with Crippen LogP contribution in [0.2, 0.25) is 0 Å². The number of nitrogens with two attached hydrogens (primary N) is 1. The molecule has 0 aliphatic heterocycles. The van der Waals surface area contributed by atoms with Crippen LogP contribution in [-0.2, 0) is 4.79 Å². The monoisotopic (exact) mass is 281 g/mol. The van der Waals surface area contributed by atoms with E-state index in [2.05, 4.69) is 10.6 Å². The minimum absolute atomic E-state index is 0.150. The molecule has 0 aromatic heterocycles. The molecule has 116 valence electrons. The van der Waals surface area contributed by atoms with Gasteiger partial charge in [0.15, 0.2) is 0 Å². The molecule has 2 unspecified atom stereocenters. The Hall–Kier alpha value is -0.610. The smallest absolute Gasteiger partial charge is 0.223 e. The van der Waals surface area contributed by atoms with Crippen molar-refractivity contribution in [2.24, 2.45) is 11.7 Å². The molecule has 2 atom stereocenters. The molecule has 0 heterocycles. The lowest BCUT2D eigenvalue weighted by Crippen LogP contribution is -2.41. The summed E-state index contributed by atoms with van der Waals surface area (Å²) in [5, 5.41) is 6.66. The molecule has 4 nitrogen and oxygen atoms in total. The third kappa shape index (κ3) is 5.41. The van der Waals surface area contributed by atoms with Gasteiger partial charge in [0.05, 0.1) is 0 Å². The van der Waals surface area contributed by atoms with E-state index in [1.54, 1.807) is 0 Å². The molecular formula is C16H31N3O. The zero-order valence-electron chi connectivity index (χ0n) is 12.7. The van der Waals surface area contributed by atoms with Gasteiger partial charge in [-0.3, -0.25) is 4.79 Å². The highest BCUT2D eigenvalue weighted by atomic mass is 16.1. The van der Waals surface area contributed by atoms with Crippen LogP contribution in [0.3, 0.4) is 0 Å². The minimum Gasteiger partial charge on any atom is -0.355 e. The Bertz CT molecular complexity index is 287. The van der Waals surface area contributed by atoms with Gasteiger partial charge in [0, 0.05) is 31.1 Å². The summed E-state index contributed by atoms with van der Waals surface area (Å²) in [6.07, 6.45) is 12.1. The highest BCUT2D eigenvalue weighted by Gasteiger charge is 2.24. The first-order valence-electron chi connectivity index (χ1n) is 8.52. The van der Waals surface area contributed by atoms with E-state index in [1.165, 1.54) is 38.5 Å². The summed E-state index contributed by atoms with van der Waals surface area (Å²) in [5.41, 5.74) is 5.94. The van der Waals surface area contributed by atoms with Crippen molar-refractivity contribution in [1.29, 1.82) is 0 Å². The number of carbonyl (C=O) groups excluding carboxylic acids is 1. The van der Waals surface area contributed by atoms with Crippen molar-refractivity contribution in [2.45, 2.75) is 76.3 Å². The van der Waals surface area contributed by atoms with Crippen LogP contribution in [0.1, 0.15) is 64.2 Å². The average Bonchev–Trinajstić information content (AvgIpc) is 2.72. The molecule has 0 aromatic rings. The molecule has 0 radical (unpaired) electrons. The van der Waals surface area contributed by atoms with Crippen LogP contribution in [0, 0.1) is 5.92 Å². The average molecular weight is 281 g/mol. The Morgan fingerprint density at radius 3 is 2.40 bits per heavy atom. The minimum atomic E-state index is 0.150. The molecule has 0 bridgehead atoms. The van der Waals surface area contributed by atoms with E-state index in [-0.39, 0.29) is 17.9 Å². The topological polar surface area (TPSA) is 67.2 Å². The maximum atomic E-state index is 12.1. The molecule has 2 saturated carbocycles. The SMILES string of the molecule is NC1CCCC(C(=O)NCCNC2CCCCCC2)C1. The zero-order valence-corrected chi connectivity index (χ0v) is 12.7. The maximum Gasteiger partial charge on any atom is 0.223 e. The van der Waals surface area contributed by atoms with Crippen LogP contribution >= 0.6 is 0 Å². The zero-order chi connectivity index (χ0) is 14.2. The molecule has 0 saturated heterocycles. The van der Waals surface area contributed by atoms with Gasteiger partial charge < -0.3 is 16.4 Å². The second-order valence-corrected chi connectivity index (χ2v) is 6.56. The number of hydrogen-bond acceptors (Lipinski definition) is 3. The first-order valence-corrected chi connectivity index (χ1v) is 8.52. The predicted molar refractivity (Wildman–Crippen MR) is 82.4 cm³/mol. The third-order valence-corrected chi connectivity index (χ3v) is 4.80. The predicted octanol–water partition coefficient (Wildman–Crippen LogP) is 1.93. The van der Waals surface area contributed by atoms with Gasteiger partial charge in [0.1, 0.15) is 0 Å². The lowest BCUT2D eigenvalue weighted by molar-refractivity contribution is -0.126. The van der Waals surface area contributed by atoms with Crippen molar-refractivity contribution in [3.63, 3.8) is 0 Å². The summed E-state index contributed by atoms with van der Waals surface area (Å²) in [6, 6.07) is 0.890. The van der Waals surface area contributed by atoms with Crippen LogP contribution < -0.4 is 16.4 Å². The van der Waals surface area contributed by atoms with Gasteiger partial charge >= 0.3 is 0 Å². The van der Waals surface area contributed by atoms with Crippen molar-refractivity contribution in [3.8, 4) is 0 Å². The summed E-state index contributed by atoms with van der Waals surface area (Å²) in [7, 11) is 0. The quantitative estimate of drug-likeness (QED) is 0.533. The molecule has 0 aromatic carbocycles. The molecule has 2 fully saturated rings. The molecule has 1 amide bonds. The van der Waals surface area contributed by atoms with E-state index < -0.39 is 0 Å². The van der Waals surface area contributed by atoms with Gasteiger partial charge in [-0.05, 0) is 32.1 Å². The molecule has 2 rings (SSSR count). The number of hydrogen-bond donors (Lipinski definition) is 3. The second kappa shape index (κ2) is 8.63.